The molecule has 0 saturated carbocycles. The third-order valence-electron chi connectivity index (χ3n) is 4.82. The number of rotatable bonds is 3. The minimum Gasteiger partial charge on any atom is -0.365 e. The van der Waals surface area contributed by atoms with Gasteiger partial charge in [-0.15, -0.1) is 0 Å². The summed E-state index contributed by atoms with van der Waals surface area (Å²) in [6, 6.07) is 0.954. The highest BCUT2D eigenvalue weighted by Crippen LogP contribution is 2.32. The van der Waals surface area contributed by atoms with Crippen LogP contribution in [0.15, 0.2) is 0 Å². The molecule has 6 heteroatoms. The molecule has 0 radical (unpaired) electrons. The van der Waals surface area contributed by atoms with Crippen LogP contribution in [-0.4, -0.2) is 40.9 Å². The third-order valence-corrected chi connectivity index (χ3v) is 4.82. The maximum atomic E-state index is 11.9. The van der Waals surface area contributed by atoms with Crippen LogP contribution in [0.25, 0.3) is 0 Å². The quantitative estimate of drug-likeness (QED) is 0.869. The van der Waals surface area contributed by atoms with Gasteiger partial charge in [-0.1, -0.05) is 0 Å². The number of aromatic nitrogens is 2. The molecule has 1 amide bonds. The smallest absolute Gasteiger partial charge is 0.254 e. The summed E-state index contributed by atoms with van der Waals surface area (Å²) in [6.07, 6.45) is 6.03. The molecule has 6 nitrogen and oxygen atoms in total. The lowest BCUT2D eigenvalue weighted by Crippen LogP contribution is -2.51. The Morgan fingerprint density at radius 2 is 2.14 bits per heavy atom. The predicted octanol–water partition coefficient (Wildman–Crippen LogP) is 0.938. The van der Waals surface area contributed by atoms with E-state index in [0.29, 0.717) is 17.6 Å². The lowest BCUT2D eigenvalue weighted by Gasteiger charge is -2.41. The van der Waals surface area contributed by atoms with Gasteiger partial charge in [0.1, 0.15) is 11.4 Å². The molecule has 0 spiro atoms. The Morgan fingerprint density at radius 3 is 2.81 bits per heavy atom. The SMILES string of the molecule is Cc1nn(C)c(N2CCCCC2C2CCCN2)c1C(N)=O. The second kappa shape index (κ2) is 5.67. The average Bonchev–Trinajstić information content (AvgIpc) is 3.06. The van der Waals surface area contributed by atoms with Crippen LogP contribution in [0.5, 0.6) is 0 Å². The lowest BCUT2D eigenvalue weighted by atomic mass is 9.94. The van der Waals surface area contributed by atoms with E-state index in [0.717, 1.165) is 31.0 Å². The molecule has 2 fully saturated rings. The first kappa shape index (κ1) is 14.4. The Labute approximate surface area is 125 Å². The Hall–Kier alpha value is -1.56. The van der Waals surface area contributed by atoms with Crippen molar-refractivity contribution in [3.63, 3.8) is 0 Å². The summed E-state index contributed by atoms with van der Waals surface area (Å²) in [7, 11) is 1.91. The second-order valence-electron chi connectivity index (χ2n) is 6.23. The van der Waals surface area contributed by atoms with Crippen molar-refractivity contribution in [3.8, 4) is 0 Å². The molecule has 2 saturated heterocycles. The molecule has 0 aromatic carbocycles. The Bertz CT molecular complexity index is 532. The van der Waals surface area contributed by atoms with Crippen LogP contribution in [0.4, 0.5) is 5.82 Å². The van der Waals surface area contributed by atoms with Gasteiger partial charge in [0.15, 0.2) is 0 Å². The van der Waals surface area contributed by atoms with Crippen LogP contribution in [-0.2, 0) is 7.05 Å². The van der Waals surface area contributed by atoms with E-state index >= 15 is 0 Å². The zero-order valence-electron chi connectivity index (χ0n) is 12.9. The number of hydrogen-bond acceptors (Lipinski definition) is 4. The number of primary amides is 1. The van der Waals surface area contributed by atoms with Crippen LogP contribution in [0.3, 0.4) is 0 Å². The highest BCUT2D eigenvalue weighted by atomic mass is 16.1. The van der Waals surface area contributed by atoms with E-state index < -0.39 is 0 Å². The van der Waals surface area contributed by atoms with E-state index in [4.69, 9.17) is 5.73 Å². The van der Waals surface area contributed by atoms with Gasteiger partial charge in [0.05, 0.1) is 5.69 Å². The molecular formula is C15H25N5O. The minimum absolute atomic E-state index is 0.376. The molecule has 21 heavy (non-hydrogen) atoms. The molecule has 116 valence electrons. The summed E-state index contributed by atoms with van der Waals surface area (Å²) in [5.74, 6) is 0.526. The molecule has 3 N–H and O–H groups in total. The van der Waals surface area contributed by atoms with Crippen molar-refractivity contribution in [1.29, 1.82) is 0 Å². The highest BCUT2D eigenvalue weighted by Gasteiger charge is 2.35. The van der Waals surface area contributed by atoms with Crippen LogP contribution in [0, 0.1) is 6.92 Å². The highest BCUT2D eigenvalue weighted by molar-refractivity contribution is 5.99. The number of carbonyl (C=O) groups is 1. The maximum absolute atomic E-state index is 11.9. The Balaban J connectivity index is 1.98. The number of nitrogens with zero attached hydrogens (tertiary/aromatic N) is 3. The van der Waals surface area contributed by atoms with Gasteiger partial charge in [-0.3, -0.25) is 9.48 Å². The molecule has 2 aliphatic heterocycles. The summed E-state index contributed by atoms with van der Waals surface area (Å²) in [6.45, 7) is 3.93. The number of aryl methyl sites for hydroxylation is 2. The van der Waals surface area contributed by atoms with Gasteiger partial charge in [0, 0.05) is 25.7 Å². The summed E-state index contributed by atoms with van der Waals surface area (Å²) < 4.78 is 1.82. The van der Waals surface area contributed by atoms with Gasteiger partial charge < -0.3 is 16.0 Å². The van der Waals surface area contributed by atoms with E-state index in [2.05, 4.69) is 15.3 Å². The Morgan fingerprint density at radius 1 is 1.33 bits per heavy atom. The van der Waals surface area contributed by atoms with Gasteiger partial charge in [-0.05, 0) is 45.6 Å². The van der Waals surface area contributed by atoms with Gasteiger partial charge in [0.2, 0.25) is 0 Å². The van der Waals surface area contributed by atoms with E-state index in [1.54, 1.807) is 0 Å². The predicted molar refractivity (Wildman–Crippen MR) is 82.5 cm³/mol. The van der Waals surface area contributed by atoms with Crippen molar-refractivity contribution in [2.45, 2.75) is 51.1 Å². The first-order valence-corrected chi connectivity index (χ1v) is 7.93. The second-order valence-corrected chi connectivity index (χ2v) is 6.23. The van der Waals surface area contributed by atoms with Crippen molar-refractivity contribution in [2.75, 3.05) is 18.0 Å². The lowest BCUT2D eigenvalue weighted by molar-refractivity contribution is 0.1000. The first-order valence-electron chi connectivity index (χ1n) is 7.93. The standard InChI is InChI=1S/C15H25N5O/c1-10-13(14(16)21)15(19(2)18-10)20-9-4-3-7-12(20)11-6-5-8-17-11/h11-12,17H,3-9H2,1-2H3,(H2,16,21). The monoisotopic (exact) mass is 291 g/mol. The molecule has 3 rings (SSSR count). The van der Waals surface area contributed by atoms with E-state index in [1.807, 2.05) is 18.7 Å². The van der Waals surface area contributed by atoms with Gasteiger partial charge in [-0.25, -0.2) is 0 Å². The topological polar surface area (TPSA) is 76.2 Å². The van der Waals surface area contributed by atoms with E-state index in [-0.39, 0.29) is 5.91 Å². The van der Waals surface area contributed by atoms with E-state index in [1.165, 1.54) is 25.7 Å². The first-order chi connectivity index (χ1) is 10.1. The molecule has 2 unspecified atom stereocenters. The number of amides is 1. The van der Waals surface area contributed by atoms with Crippen LogP contribution < -0.4 is 16.0 Å². The number of carbonyl (C=O) groups excluding carboxylic acids is 1. The number of nitrogens with two attached hydrogens (primary N) is 1. The maximum Gasteiger partial charge on any atom is 0.254 e. The fourth-order valence-corrected chi connectivity index (χ4v) is 3.94. The van der Waals surface area contributed by atoms with Crippen molar-refractivity contribution in [2.24, 2.45) is 12.8 Å². The van der Waals surface area contributed by atoms with Crippen LogP contribution >= 0.6 is 0 Å². The van der Waals surface area contributed by atoms with Crippen molar-refractivity contribution >= 4 is 11.7 Å². The normalized spacial score (nSPS) is 26.3. The molecule has 1 aromatic rings. The number of hydrogen-bond donors (Lipinski definition) is 2. The van der Waals surface area contributed by atoms with Crippen LogP contribution in [0.1, 0.15) is 48.2 Å². The fraction of sp³-hybridized carbons (Fsp3) is 0.733. The number of anilines is 1. The Kier molecular flexibility index (Phi) is 3.89. The largest absolute Gasteiger partial charge is 0.365 e. The molecule has 0 aliphatic carbocycles. The third kappa shape index (κ3) is 2.52. The molecule has 2 atom stereocenters. The molecule has 2 aliphatic rings. The molecule has 0 bridgehead atoms. The summed E-state index contributed by atoms with van der Waals surface area (Å²) in [5, 5.41) is 8.04. The van der Waals surface area contributed by atoms with Crippen molar-refractivity contribution in [3.05, 3.63) is 11.3 Å². The summed E-state index contributed by atoms with van der Waals surface area (Å²) in [4.78, 5) is 14.2. The summed E-state index contributed by atoms with van der Waals surface area (Å²) >= 11 is 0. The van der Waals surface area contributed by atoms with E-state index in [9.17, 15) is 4.79 Å². The van der Waals surface area contributed by atoms with Gasteiger partial charge in [0.25, 0.3) is 5.91 Å². The van der Waals surface area contributed by atoms with Gasteiger partial charge >= 0.3 is 0 Å². The zero-order valence-corrected chi connectivity index (χ0v) is 12.9. The molecule has 1 aromatic heterocycles. The van der Waals surface area contributed by atoms with Crippen molar-refractivity contribution in [1.82, 2.24) is 15.1 Å². The zero-order chi connectivity index (χ0) is 15.0. The fourth-order valence-electron chi connectivity index (χ4n) is 3.94. The minimum atomic E-state index is -0.376. The summed E-state index contributed by atoms with van der Waals surface area (Å²) in [5.41, 5.74) is 6.91. The average molecular weight is 291 g/mol. The number of piperidine rings is 1. The molecular weight excluding hydrogens is 266 g/mol. The van der Waals surface area contributed by atoms with Crippen LogP contribution in [0.2, 0.25) is 0 Å². The molecule has 3 heterocycles. The number of nitrogens with one attached hydrogen (secondary N) is 1. The van der Waals surface area contributed by atoms with Gasteiger partial charge in [-0.2, -0.15) is 5.10 Å². The van der Waals surface area contributed by atoms with Crippen molar-refractivity contribution < 1.29 is 4.79 Å².